The first-order valence-corrected chi connectivity index (χ1v) is 8.09. The number of aliphatic hydroxyl groups excluding tert-OH is 1. The molecule has 1 aromatic carbocycles. The van der Waals surface area contributed by atoms with Crippen LogP contribution in [-0.4, -0.2) is 27.2 Å². The van der Waals surface area contributed by atoms with E-state index in [1.807, 2.05) is 32.0 Å². The van der Waals surface area contributed by atoms with E-state index in [9.17, 15) is 5.11 Å². The van der Waals surface area contributed by atoms with E-state index in [-0.39, 0.29) is 11.9 Å². The van der Waals surface area contributed by atoms with Crippen LogP contribution in [0.4, 0.5) is 5.82 Å². The van der Waals surface area contributed by atoms with Crippen molar-refractivity contribution in [1.82, 2.24) is 9.97 Å². The van der Waals surface area contributed by atoms with Crippen LogP contribution in [0.2, 0.25) is 5.28 Å². The average molecular weight is 334 g/mol. The van der Waals surface area contributed by atoms with Gasteiger partial charge in [0, 0.05) is 4.88 Å². The normalized spacial score (nSPS) is 11.8. The molecular weight excluding hydrogens is 318 g/mol. The van der Waals surface area contributed by atoms with Crippen LogP contribution >= 0.6 is 22.9 Å². The standard InChI is InChI=1S/C16H16ClN3OS/c1-16(2,9-21)20-13-11-8-12(10-6-4-3-5-7-10)22-14(11)19-15(17)18-13/h3-8,21H,9H2,1-2H3,(H,18,19,20). The molecule has 2 N–H and O–H groups in total. The van der Waals surface area contributed by atoms with Crippen molar-refractivity contribution in [2.24, 2.45) is 0 Å². The van der Waals surface area contributed by atoms with Gasteiger partial charge in [-0.1, -0.05) is 30.3 Å². The molecule has 3 rings (SSSR count). The molecule has 0 amide bonds. The van der Waals surface area contributed by atoms with Crippen molar-refractivity contribution >= 4 is 39.0 Å². The molecule has 0 spiro atoms. The highest BCUT2D eigenvalue weighted by atomic mass is 35.5. The van der Waals surface area contributed by atoms with Gasteiger partial charge in [-0.05, 0) is 37.1 Å². The summed E-state index contributed by atoms with van der Waals surface area (Å²) < 4.78 is 0. The van der Waals surface area contributed by atoms with Crippen LogP contribution < -0.4 is 5.32 Å². The van der Waals surface area contributed by atoms with Crippen LogP contribution in [0.25, 0.3) is 20.7 Å². The number of thiophene rings is 1. The minimum absolute atomic E-state index is 0.00814. The molecular formula is C16H16ClN3OS. The maximum Gasteiger partial charge on any atom is 0.225 e. The van der Waals surface area contributed by atoms with Gasteiger partial charge >= 0.3 is 0 Å². The van der Waals surface area contributed by atoms with Crippen molar-refractivity contribution in [3.05, 3.63) is 41.7 Å². The maximum absolute atomic E-state index is 9.44. The molecule has 0 aliphatic rings. The van der Waals surface area contributed by atoms with E-state index >= 15 is 0 Å². The molecule has 0 aliphatic heterocycles. The van der Waals surface area contributed by atoms with Gasteiger partial charge in [-0.2, -0.15) is 0 Å². The Labute approximate surface area is 137 Å². The minimum Gasteiger partial charge on any atom is -0.394 e. The topological polar surface area (TPSA) is 58.0 Å². The van der Waals surface area contributed by atoms with Gasteiger partial charge in [-0.25, -0.2) is 9.97 Å². The largest absolute Gasteiger partial charge is 0.394 e. The summed E-state index contributed by atoms with van der Waals surface area (Å²) in [6.45, 7) is 3.80. The lowest BCUT2D eigenvalue weighted by Gasteiger charge is -2.24. The average Bonchev–Trinajstić information content (AvgIpc) is 2.92. The zero-order valence-corrected chi connectivity index (χ0v) is 13.9. The maximum atomic E-state index is 9.44. The van der Waals surface area contributed by atoms with Crippen LogP contribution in [0.5, 0.6) is 0 Å². The Morgan fingerprint density at radius 2 is 1.95 bits per heavy atom. The lowest BCUT2D eigenvalue weighted by atomic mass is 10.1. The Morgan fingerprint density at radius 1 is 1.23 bits per heavy atom. The van der Waals surface area contributed by atoms with Crippen molar-refractivity contribution in [3.8, 4) is 10.4 Å². The number of hydrogen-bond donors (Lipinski definition) is 2. The van der Waals surface area contributed by atoms with E-state index in [4.69, 9.17) is 11.6 Å². The number of hydrogen-bond acceptors (Lipinski definition) is 5. The summed E-state index contributed by atoms with van der Waals surface area (Å²) >= 11 is 7.61. The van der Waals surface area contributed by atoms with E-state index in [0.717, 1.165) is 20.7 Å². The Balaban J connectivity index is 2.11. The van der Waals surface area contributed by atoms with Crippen LogP contribution in [-0.2, 0) is 0 Å². The van der Waals surface area contributed by atoms with Gasteiger partial charge in [0.05, 0.1) is 17.5 Å². The highest BCUT2D eigenvalue weighted by Gasteiger charge is 2.20. The number of nitrogens with one attached hydrogen (secondary N) is 1. The summed E-state index contributed by atoms with van der Waals surface area (Å²) in [6.07, 6.45) is 0. The number of benzene rings is 1. The molecule has 0 radical (unpaired) electrons. The van der Waals surface area contributed by atoms with Gasteiger partial charge in [0.1, 0.15) is 10.6 Å². The zero-order valence-electron chi connectivity index (χ0n) is 12.3. The van der Waals surface area contributed by atoms with Crippen molar-refractivity contribution in [1.29, 1.82) is 0 Å². The molecule has 22 heavy (non-hydrogen) atoms. The molecule has 4 nitrogen and oxygen atoms in total. The molecule has 2 heterocycles. The van der Waals surface area contributed by atoms with Crippen LogP contribution in [0.1, 0.15) is 13.8 Å². The van der Waals surface area contributed by atoms with Crippen molar-refractivity contribution in [2.75, 3.05) is 11.9 Å². The number of aliphatic hydroxyl groups is 1. The number of halogens is 1. The lowest BCUT2D eigenvalue weighted by Crippen LogP contribution is -2.35. The van der Waals surface area contributed by atoms with Gasteiger partial charge < -0.3 is 10.4 Å². The van der Waals surface area contributed by atoms with Crippen LogP contribution in [0.15, 0.2) is 36.4 Å². The summed E-state index contributed by atoms with van der Waals surface area (Å²) in [5, 5.41) is 13.8. The summed E-state index contributed by atoms with van der Waals surface area (Å²) in [7, 11) is 0. The zero-order chi connectivity index (χ0) is 15.7. The molecule has 6 heteroatoms. The number of aromatic nitrogens is 2. The number of anilines is 1. The van der Waals surface area contributed by atoms with Gasteiger partial charge in [-0.3, -0.25) is 0 Å². The highest BCUT2D eigenvalue weighted by molar-refractivity contribution is 7.22. The molecule has 0 saturated heterocycles. The van der Waals surface area contributed by atoms with Crippen molar-refractivity contribution < 1.29 is 5.11 Å². The summed E-state index contributed by atoms with van der Waals surface area (Å²) in [4.78, 5) is 10.5. The fourth-order valence-corrected chi connectivity index (χ4v) is 3.35. The third kappa shape index (κ3) is 3.06. The molecule has 0 aliphatic carbocycles. The van der Waals surface area contributed by atoms with Gasteiger partial charge in [0.15, 0.2) is 0 Å². The quantitative estimate of drug-likeness (QED) is 0.703. The highest BCUT2D eigenvalue weighted by Crippen LogP contribution is 2.36. The van der Waals surface area contributed by atoms with E-state index in [1.165, 1.54) is 0 Å². The molecule has 0 atom stereocenters. The fraction of sp³-hybridized carbons (Fsp3) is 0.250. The molecule has 3 aromatic rings. The van der Waals surface area contributed by atoms with E-state index in [0.29, 0.717) is 5.82 Å². The molecule has 0 fully saturated rings. The first-order chi connectivity index (χ1) is 10.5. The van der Waals surface area contributed by atoms with E-state index in [1.54, 1.807) is 11.3 Å². The Kier molecular flexibility index (Phi) is 4.04. The third-order valence-corrected chi connectivity index (χ3v) is 4.52. The summed E-state index contributed by atoms with van der Waals surface area (Å²) in [5.41, 5.74) is 0.647. The SMILES string of the molecule is CC(C)(CO)Nc1nc(Cl)nc2sc(-c3ccccc3)cc12. The van der Waals surface area contributed by atoms with Crippen molar-refractivity contribution in [2.45, 2.75) is 19.4 Å². The smallest absolute Gasteiger partial charge is 0.225 e. The first kappa shape index (κ1) is 15.2. The molecule has 0 saturated carbocycles. The second-order valence-corrected chi connectivity index (χ2v) is 7.07. The molecule has 0 unspecified atom stereocenters. The Bertz CT molecular complexity index is 802. The van der Waals surface area contributed by atoms with Gasteiger partial charge in [0.2, 0.25) is 5.28 Å². The predicted octanol–water partition coefficient (Wildman–Crippen LogP) is 4.19. The molecule has 114 valence electrons. The van der Waals surface area contributed by atoms with Crippen LogP contribution in [0, 0.1) is 0 Å². The first-order valence-electron chi connectivity index (χ1n) is 6.90. The monoisotopic (exact) mass is 333 g/mol. The second-order valence-electron chi connectivity index (χ2n) is 5.70. The van der Waals surface area contributed by atoms with Crippen LogP contribution in [0.3, 0.4) is 0 Å². The van der Waals surface area contributed by atoms with Crippen molar-refractivity contribution in [3.63, 3.8) is 0 Å². The summed E-state index contributed by atoms with van der Waals surface area (Å²) in [6, 6.07) is 12.2. The summed E-state index contributed by atoms with van der Waals surface area (Å²) in [5.74, 6) is 0.646. The third-order valence-electron chi connectivity index (χ3n) is 3.28. The van der Waals surface area contributed by atoms with Gasteiger partial charge in [0.25, 0.3) is 0 Å². The lowest BCUT2D eigenvalue weighted by molar-refractivity contribution is 0.234. The predicted molar refractivity (Wildman–Crippen MR) is 92.6 cm³/mol. The minimum atomic E-state index is -0.487. The van der Waals surface area contributed by atoms with Gasteiger partial charge in [-0.15, -0.1) is 11.3 Å². The number of nitrogens with zero attached hydrogens (tertiary/aromatic N) is 2. The Morgan fingerprint density at radius 3 is 2.64 bits per heavy atom. The fourth-order valence-electron chi connectivity index (χ4n) is 2.10. The number of fused-ring (bicyclic) bond motifs is 1. The van der Waals surface area contributed by atoms with E-state index < -0.39 is 5.54 Å². The molecule has 0 bridgehead atoms. The number of rotatable bonds is 4. The van der Waals surface area contributed by atoms with E-state index in [2.05, 4.69) is 33.5 Å². The second kappa shape index (κ2) is 5.83. The Hall–Kier alpha value is -1.69. The molecule has 2 aromatic heterocycles.